The van der Waals surface area contributed by atoms with Crippen LogP contribution in [0.5, 0.6) is 23.0 Å². The van der Waals surface area contributed by atoms with Crippen LogP contribution in [-0.2, 0) is 21.7 Å². The van der Waals surface area contributed by atoms with Crippen molar-refractivity contribution in [3.63, 3.8) is 0 Å². The van der Waals surface area contributed by atoms with Gasteiger partial charge in [-0.25, -0.2) is 0 Å². The first-order chi connectivity index (χ1) is 28.3. The fourth-order valence-corrected chi connectivity index (χ4v) is 9.07. The second-order valence-corrected chi connectivity index (χ2v) is 21.4. The monoisotopic (exact) mass is 840 g/mol. The Balaban J connectivity index is 1.56. The van der Waals surface area contributed by atoms with Gasteiger partial charge >= 0.3 is 16.8 Å². The Bertz CT molecular complexity index is 2540. The maximum atomic E-state index is 7.27. The summed E-state index contributed by atoms with van der Waals surface area (Å²) in [5.41, 5.74) is 6.39. The zero-order valence-electron chi connectivity index (χ0n) is 37.0. The molecule has 60 heavy (non-hydrogen) atoms. The molecule has 0 bridgehead atoms. The summed E-state index contributed by atoms with van der Waals surface area (Å²) in [5.74, 6) is 2.62. The fraction of sp³-hybridized carbons (Fsp3) is 0.308. The lowest BCUT2D eigenvalue weighted by Gasteiger charge is -2.32. The quantitative estimate of drug-likeness (QED) is 0.135. The number of fused-ring (bicyclic) bond motifs is 3. The first-order valence-corrected chi connectivity index (χ1v) is 22.8. The lowest BCUT2D eigenvalue weighted by Crippen LogP contribution is -2.20. The van der Waals surface area contributed by atoms with Crippen molar-refractivity contribution >= 4 is 38.8 Å². The Morgan fingerprint density at radius 3 is 1.22 bits per heavy atom. The molecule has 8 heteroatoms. The summed E-state index contributed by atoms with van der Waals surface area (Å²) in [6.45, 7) is 26.8. The summed E-state index contributed by atoms with van der Waals surface area (Å²) < 4.78 is 41.2. The Labute approximate surface area is 358 Å². The van der Waals surface area contributed by atoms with Gasteiger partial charge in [-0.15, -0.1) is 0 Å². The molecule has 0 aliphatic rings. The van der Waals surface area contributed by atoms with Gasteiger partial charge in [0.1, 0.15) is 34.2 Å². The van der Waals surface area contributed by atoms with E-state index in [1.54, 1.807) is 0 Å². The molecule has 0 aliphatic heterocycles. The SMILES string of the molecule is CC(C)(C)c1cc(-c2cc(C(C)(C)C)cc(C(C)(C)C)c2Op2oc3ccccc3c3ccccc3o2)c(OP(Oc2ccccc2)Oc2ccccc2)c(C(C)(C)C)c1. The average Bonchev–Trinajstić information content (AvgIpc) is 3.33. The molecule has 0 spiro atoms. The number of hydrogen-bond acceptors (Lipinski definition) is 6. The summed E-state index contributed by atoms with van der Waals surface area (Å²) >= 11 is 0. The molecule has 6 aromatic carbocycles. The summed E-state index contributed by atoms with van der Waals surface area (Å²) in [6.07, 6.45) is 0. The van der Waals surface area contributed by atoms with Crippen LogP contribution >= 0.6 is 16.8 Å². The van der Waals surface area contributed by atoms with E-state index in [9.17, 15) is 0 Å². The summed E-state index contributed by atoms with van der Waals surface area (Å²) in [7, 11) is -4.03. The highest BCUT2D eigenvalue weighted by molar-refractivity contribution is 7.43. The summed E-state index contributed by atoms with van der Waals surface area (Å²) in [6, 6.07) is 44.5. The molecule has 7 aromatic rings. The van der Waals surface area contributed by atoms with Crippen molar-refractivity contribution in [3.8, 4) is 34.1 Å². The van der Waals surface area contributed by atoms with Gasteiger partial charge in [0.25, 0.3) is 0 Å². The minimum absolute atomic E-state index is 0.208. The Morgan fingerprint density at radius 2 is 0.800 bits per heavy atom. The zero-order chi connectivity index (χ0) is 43.0. The van der Waals surface area contributed by atoms with Crippen LogP contribution < -0.4 is 18.1 Å². The fourth-order valence-electron chi connectivity index (χ4n) is 6.93. The van der Waals surface area contributed by atoms with Crippen molar-refractivity contribution in [1.82, 2.24) is 0 Å². The van der Waals surface area contributed by atoms with E-state index in [-0.39, 0.29) is 21.7 Å². The van der Waals surface area contributed by atoms with Crippen LogP contribution in [0.15, 0.2) is 142 Å². The number of para-hydroxylation sites is 4. The molecule has 1 heterocycles. The van der Waals surface area contributed by atoms with Gasteiger partial charge in [-0.1, -0.05) is 168 Å². The number of rotatable bonds is 9. The van der Waals surface area contributed by atoms with Gasteiger partial charge in [-0.3, -0.25) is 0 Å². The molecule has 6 nitrogen and oxygen atoms in total. The van der Waals surface area contributed by atoms with Gasteiger partial charge in [-0.05, 0) is 81.3 Å². The van der Waals surface area contributed by atoms with Gasteiger partial charge < -0.3 is 26.5 Å². The molecular formula is C52H58O6P2. The number of benzene rings is 6. The van der Waals surface area contributed by atoms with Crippen LogP contribution in [0, 0.1) is 0 Å². The molecule has 0 fully saturated rings. The third-order valence-electron chi connectivity index (χ3n) is 10.4. The topological polar surface area (TPSA) is 63.2 Å². The Hall–Kier alpha value is -5.15. The van der Waals surface area contributed by atoms with Crippen molar-refractivity contribution in [2.75, 3.05) is 0 Å². The van der Waals surface area contributed by atoms with Crippen LogP contribution in [0.2, 0.25) is 0 Å². The van der Waals surface area contributed by atoms with Crippen LogP contribution in [0.25, 0.3) is 33.1 Å². The van der Waals surface area contributed by atoms with E-state index >= 15 is 0 Å². The van der Waals surface area contributed by atoms with Gasteiger partial charge in [0.15, 0.2) is 0 Å². The Morgan fingerprint density at radius 1 is 0.417 bits per heavy atom. The van der Waals surface area contributed by atoms with Gasteiger partial charge in [0.2, 0.25) is 0 Å². The average molecular weight is 841 g/mol. The van der Waals surface area contributed by atoms with Crippen molar-refractivity contribution < 1.29 is 26.5 Å². The molecule has 0 unspecified atom stereocenters. The van der Waals surface area contributed by atoms with Crippen LogP contribution in [0.1, 0.15) is 105 Å². The van der Waals surface area contributed by atoms with E-state index in [0.717, 1.165) is 44.2 Å². The lowest BCUT2D eigenvalue weighted by molar-refractivity contribution is 0.382. The zero-order valence-corrected chi connectivity index (χ0v) is 38.8. The first-order valence-electron chi connectivity index (χ1n) is 20.6. The molecule has 0 saturated heterocycles. The third kappa shape index (κ3) is 9.73. The van der Waals surface area contributed by atoms with E-state index in [1.807, 2.05) is 97.1 Å². The highest BCUT2D eigenvalue weighted by Crippen LogP contribution is 2.55. The lowest BCUT2D eigenvalue weighted by atomic mass is 9.75. The molecule has 0 atom stereocenters. The van der Waals surface area contributed by atoms with Crippen molar-refractivity contribution in [1.29, 1.82) is 0 Å². The van der Waals surface area contributed by atoms with Gasteiger partial charge in [0, 0.05) is 33.0 Å². The highest BCUT2D eigenvalue weighted by atomic mass is 31.2. The van der Waals surface area contributed by atoms with E-state index in [2.05, 4.69) is 119 Å². The molecule has 0 radical (unpaired) electrons. The predicted octanol–water partition coefficient (Wildman–Crippen LogP) is 16.8. The Kier molecular flexibility index (Phi) is 12.0. The first kappa shape index (κ1) is 43.0. The van der Waals surface area contributed by atoms with E-state index < -0.39 is 16.8 Å². The maximum Gasteiger partial charge on any atom is 0.530 e. The van der Waals surface area contributed by atoms with Crippen molar-refractivity contribution in [2.45, 2.75) is 105 Å². The summed E-state index contributed by atoms with van der Waals surface area (Å²) in [4.78, 5) is 0. The van der Waals surface area contributed by atoms with Gasteiger partial charge in [0.05, 0.1) is 0 Å². The normalized spacial score (nSPS) is 12.5. The van der Waals surface area contributed by atoms with Gasteiger partial charge in [-0.2, -0.15) is 0 Å². The van der Waals surface area contributed by atoms with Crippen LogP contribution in [0.3, 0.4) is 0 Å². The minimum Gasteiger partial charge on any atom is -0.409 e. The van der Waals surface area contributed by atoms with Crippen LogP contribution in [0.4, 0.5) is 0 Å². The smallest absolute Gasteiger partial charge is 0.409 e. The number of hydrogen-bond donors (Lipinski definition) is 0. The second kappa shape index (κ2) is 16.7. The maximum absolute atomic E-state index is 7.27. The third-order valence-corrected chi connectivity index (χ3v) is 12.5. The second-order valence-electron chi connectivity index (χ2n) is 19.4. The standard InChI is InChI=1S/C52H58O6P2/c1-49(2,3)35-31-41(47(43(33-35)51(7,8)9)57-59(53-37-23-15-13-16-24-37)54-38-25-17-14-18-26-38)42-32-36(50(4,5)6)34-44(52(10,11)12)48(42)58-60-55-45-29-21-19-27-39(45)40-28-20-22-30-46(40)56-60/h13-34H,1-12H3. The largest absolute Gasteiger partial charge is 0.530 e. The minimum atomic E-state index is -2.03. The van der Waals surface area contributed by atoms with E-state index in [1.165, 1.54) is 0 Å². The van der Waals surface area contributed by atoms with Crippen LogP contribution in [-0.4, -0.2) is 0 Å². The molecule has 0 N–H and O–H groups in total. The van der Waals surface area contributed by atoms with Crippen molar-refractivity contribution in [2.24, 2.45) is 0 Å². The molecule has 0 amide bonds. The molecule has 0 saturated carbocycles. The molecule has 312 valence electrons. The summed E-state index contributed by atoms with van der Waals surface area (Å²) in [5, 5.41) is 1.91. The van der Waals surface area contributed by atoms with Crippen molar-refractivity contribution in [3.05, 3.63) is 156 Å². The molecule has 1 aromatic heterocycles. The molecular weight excluding hydrogens is 783 g/mol. The highest BCUT2D eigenvalue weighted by Gasteiger charge is 2.35. The molecule has 0 aliphatic carbocycles. The predicted molar refractivity (Wildman–Crippen MR) is 251 cm³/mol. The van der Waals surface area contributed by atoms with E-state index in [0.29, 0.717) is 34.2 Å². The van der Waals surface area contributed by atoms with E-state index in [4.69, 9.17) is 26.5 Å². The molecule has 7 rings (SSSR count).